The van der Waals surface area contributed by atoms with E-state index in [4.69, 9.17) is 14.5 Å². The Labute approximate surface area is 174 Å². The minimum Gasteiger partial charge on any atom is -0.497 e. The first kappa shape index (κ1) is 18.1. The van der Waals surface area contributed by atoms with E-state index >= 15 is 0 Å². The Morgan fingerprint density at radius 3 is 1.97 bits per heavy atom. The largest absolute Gasteiger partial charge is 0.497 e. The van der Waals surface area contributed by atoms with Crippen molar-refractivity contribution >= 4 is 21.8 Å². The second-order valence-corrected chi connectivity index (χ2v) is 7.05. The number of ether oxygens (including phenoxy) is 2. The molecule has 30 heavy (non-hydrogen) atoms. The fourth-order valence-corrected chi connectivity index (χ4v) is 3.78. The molecule has 0 aliphatic rings. The highest BCUT2D eigenvalue weighted by molar-refractivity contribution is 6.12. The van der Waals surface area contributed by atoms with Gasteiger partial charge in [-0.2, -0.15) is 0 Å². The van der Waals surface area contributed by atoms with Gasteiger partial charge in [-0.15, -0.1) is 0 Å². The molecule has 0 radical (unpaired) electrons. The van der Waals surface area contributed by atoms with Crippen molar-refractivity contribution in [2.45, 2.75) is 0 Å². The number of hydrogen-bond donors (Lipinski definition) is 0. The molecule has 0 fully saturated rings. The second-order valence-electron chi connectivity index (χ2n) is 7.05. The lowest BCUT2D eigenvalue weighted by Crippen LogP contribution is -1.93. The quantitative estimate of drug-likeness (QED) is 0.345. The number of aromatic nitrogens is 2. The normalized spacial score (nSPS) is 11.0. The molecule has 4 nitrogen and oxygen atoms in total. The molecule has 0 unspecified atom stereocenters. The van der Waals surface area contributed by atoms with Crippen molar-refractivity contribution in [1.29, 1.82) is 0 Å². The van der Waals surface area contributed by atoms with Crippen LogP contribution in [0.2, 0.25) is 0 Å². The van der Waals surface area contributed by atoms with E-state index in [1.165, 1.54) is 0 Å². The number of benzene rings is 3. The number of nitrogens with zero attached hydrogens (tertiary/aromatic N) is 2. The zero-order valence-corrected chi connectivity index (χ0v) is 16.8. The molecule has 0 saturated carbocycles. The summed E-state index contributed by atoms with van der Waals surface area (Å²) in [5.74, 6) is 1.65. The summed E-state index contributed by atoms with van der Waals surface area (Å²) in [6.45, 7) is 0. The van der Waals surface area contributed by atoms with Gasteiger partial charge in [-0.1, -0.05) is 30.3 Å². The summed E-state index contributed by atoms with van der Waals surface area (Å²) in [6.07, 6.45) is 1.86. The molecular weight excluding hydrogens is 372 g/mol. The van der Waals surface area contributed by atoms with Gasteiger partial charge in [-0.05, 0) is 59.7 Å². The van der Waals surface area contributed by atoms with Crippen molar-refractivity contribution in [3.05, 3.63) is 85.1 Å². The summed E-state index contributed by atoms with van der Waals surface area (Å²) >= 11 is 0. The van der Waals surface area contributed by atoms with E-state index in [-0.39, 0.29) is 0 Å². The monoisotopic (exact) mass is 392 g/mol. The standard InChI is InChI=1S/C26H20N2O2/c1-29-19-11-7-17(8-12-19)22-15-24(18-9-13-20(30-2)14-10-18)28-25-16-27-23-6-4-3-5-21(23)26(22)25/h3-16H,1-2H3. The first-order valence-corrected chi connectivity index (χ1v) is 9.74. The summed E-state index contributed by atoms with van der Waals surface area (Å²) in [7, 11) is 3.35. The zero-order chi connectivity index (χ0) is 20.5. The van der Waals surface area contributed by atoms with Crippen LogP contribution >= 0.6 is 0 Å². The fourth-order valence-electron chi connectivity index (χ4n) is 3.78. The highest BCUT2D eigenvalue weighted by atomic mass is 16.5. The van der Waals surface area contributed by atoms with Crippen LogP contribution in [0.3, 0.4) is 0 Å². The minimum absolute atomic E-state index is 0.822. The van der Waals surface area contributed by atoms with Crippen molar-refractivity contribution in [2.24, 2.45) is 0 Å². The van der Waals surface area contributed by atoms with Gasteiger partial charge >= 0.3 is 0 Å². The molecule has 4 heteroatoms. The minimum atomic E-state index is 0.822. The van der Waals surface area contributed by atoms with E-state index in [0.717, 1.165) is 55.7 Å². The van der Waals surface area contributed by atoms with E-state index in [0.29, 0.717) is 0 Å². The molecular formula is C26H20N2O2. The molecule has 0 saturated heterocycles. The predicted molar refractivity (Wildman–Crippen MR) is 121 cm³/mol. The Morgan fingerprint density at radius 1 is 0.667 bits per heavy atom. The van der Waals surface area contributed by atoms with Crippen LogP contribution in [0.4, 0.5) is 0 Å². The van der Waals surface area contributed by atoms with Crippen LogP contribution in [0, 0.1) is 0 Å². The lowest BCUT2D eigenvalue weighted by Gasteiger charge is -2.13. The predicted octanol–water partition coefficient (Wildman–Crippen LogP) is 6.13. The maximum absolute atomic E-state index is 5.34. The summed E-state index contributed by atoms with van der Waals surface area (Å²) in [5.41, 5.74) is 5.97. The van der Waals surface area contributed by atoms with Gasteiger partial charge in [0.2, 0.25) is 0 Å². The first-order valence-electron chi connectivity index (χ1n) is 9.74. The number of para-hydroxylation sites is 1. The molecule has 146 valence electrons. The zero-order valence-electron chi connectivity index (χ0n) is 16.8. The summed E-state index contributed by atoms with van der Waals surface area (Å²) in [5, 5.41) is 2.19. The first-order chi connectivity index (χ1) is 14.8. The third kappa shape index (κ3) is 3.12. The lowest BCUT2D eigenvalue weighted by atomic mass is 9.96. The topological polar surface area (TPSA) is 44.2 Å². The van der Waals surface area contributed by atoms with Gasteiger partial charge in [-0.25, -0.2) is 4.98 Å². The number of pyridine rings is 2. The van der Waals surface area contributed by atoms with Gasteiger partial charge in [0.1, 0.15) is 11.5 Å². The van der Waals surface area contributed by atoms with E-state index in [9.17, 15) is 0 Å². The lowest BCUT2D eigenvalue weighted by molar-refractivity contribution is 0.415. The molecule has 0 spiro atoms. The summed E-state index contributed by atoms with van der Waals surface area (Å²) < 4.78 is 10.6. The van der Waals surface area contributed by atoms with Gasteiger partial charge in [-0.3, -0.25) is 4.98 Å². The van der Waals surface area contributed by atoms with Crippen LogP contribution in [0.1, 0.15) is 0 Å². The number of methoxy groups -OCH3 is 2. The van der Waals surface area contributed by atoms with Crippen LogP contribution in [0.25, 0.3) is 44.2 Å². The molecule has 5 rings (SSSR count). The molecule has 0 aliphatic heterocycles. The van der Waals surface area contributed by atoms with Gasteiger partial charge in [0.05, 0.1) is 37.1 Å². The van der Waals surface area contributed by atoms with Crippen LogP contribution in [-0.2, 0) is 0 Å². The van der Waals surface area contributed by atoms with E-state index in [1.807, 2.05) is 60.8 Å². The highest BCUT2D eigenvalue weighted by Gasteiger charge is 2.13. The molecule has 0 aliphatic carbocycles. The fraction of sp³-hybridized carbons (Fsp3) is 0.0769. The van der Waals surface area contributed by atoms with Crippen molar-refractivity contribution in [3.8, 4) is 33.9 Å². The van der Waals surface area contributed by atoms with Crippen LogP contribution < -0.4 is 9.47 Å². The van der Waals surface area contributed by atoms with Crippen molar-refractivity contribution in [1.82, 2.24) is 9.97 Å². The van der Waals surface area contributed by atoms with E-state index < -0.39 is 0 Å². The maximum Gasteiger partial charge on any atom is 0.118 e. The second kappa shape index (κ2) is 7.48. The SMILES string of the molecule is COc1ccc(-c2cc(-c3ccc(OC)cc3)c3c(cnc4ccccc43)n2)cc1. The third-order valence-corrected chi connectivity index (χ3v) is 5.33. The van der Waals surface area contributed by atoms with Gasteiger partial charge < -0.3 is 9.47 Å². The Kier molecular flexibility index (Phi) is 4.52. The number of hydrogen-bond acceptors (Lipinski definition) is 4. The maximum atomic E-state index is 5.34. The Balaban J connectivity index is 1.80. The molecule has 0 bridgehead atoms. The van der Waals surface area contributed by atoms with E-state index in [2.05, 4.69) is 29.2 Å². The molecule has 5 aromatic rings. The Morgan fingerprint density at radius 2 is 1.30 bits per heavy atom. The van der Waals surface area contributed by atoms with Crippen LogP contribution in [0.15, 0.2) is 85.1 Å². The smallest absolute Gasteiger partial charge is 0.118 e. The van der Waals surface area contributed by atoms with Crippen molar-refractivity contribution in [2.75, 3.05) is 14.2 Å². The van der Waals surface area contributed by atoms with Gasteiger partial charge in [0.25, 0.3) is 0 Å². The summed E-state index contributed by atoms with van der Waals surface area (Å²) in [6, 6.07) is 26.4. The molecule has 0 atom stereocenters. The molecule has 0 N–H and O–H groups in total. The van der Waals surface area contributed by atoms with Crippen molar-refractivity contribution in [3.63, 3.8) is 0 Å². The third-order valence-electron chi connectivity index (χ3n) is 5.33. The number of rotatable bonds is 4. The Hall–Kier alpha value is -3.92. The molecule has 0 amide bonds. The average molecular weight is 392 g/mol. The molecule has 2 aromatic heterocycles. The molecule has 3 aromatic carbocycles. The van der Waals surface area contributed by atoms with Gasteiger partial charge in [0.15, 0.2) is 0 Å². The van der Waals surface area contributed by atoms with E-state index in [1.54, 1.807) is 14.2 Å². The van der Waals surface area contributed by atoms with Crippen LogP contribution in [-0.4, -0.2) is 24.2 Å². The van der Waals surface area contributed by atoms with Crippen LogP contribution in [0.5, 0.6) is 11.5 Å². The average Bonchev–Trinajstić information content (AvgIpc) is 2.83. The Bertz CT molecular complexity index is 1340. The summed E-state index contributed by atoms with van der Waals surface area (Å²) in [4.78, 5) is 9.57. The highest BCUT2D eigenvalue weighted by Crippen LogP contribution is 2.36. The molecule has 2 heterocycles. The number of fused-ring (bicyclic) bond motifs is 3. The van der Waals surface area contributed by atoms with Crippen molar-refractivity contribution < 1.29 is 9.47 Å². The van der Waals surface area contributed by atoms with Gasteiger partial charge in [0, 0.05) is 16.3 Å².